The predicted molar refractivity (Wildman–Crippen MR) is 164 cm³/mol. The number of halogens is 2. The summed E-state index contributed by atoms with van der Waals surface area (Å²) in [5.74, 6) is -6.96. The molecule has 5 rings (SSSR count). The number of aliphatic carboxylic acids is 3. The first-order chi connectivity index (χ1) is 22.8. The lowest BCUT2D eigenvalue weighted by molar-refractivity contribution is -0.139. The first kappa shape index (κ1) is 33.0. The molecular weight excluding hydrogens is 640 g/mol. The van der Waals surface area contributed by atoms with Crippen molar-refractivity contribution in [3.63, 3.8) is 0 Å². The minimum atomic E-state index is -1.36. The zero-order valence-corrected chi connectivity index (χ0v) is 24.8. The first-order valence-corrected chi connectivity index (χ1v) is 14.0. The topological polar surface area (TPSA) is 193 Å². The molecule has 1 unspecified atom stereocenters. The summed E-state index contributed by atoms with van der Waals surface area (Å²) in [6.07, 6.45) is -1.21. The van der Waals surface area contributed by atoms with Crippen LogP contribution in [0.1, 0.15) is 6.92 Å². The minimum absolute atomic E-state index is 0.0134. The van der Waals surface area contributed by atoms with Crippen LogP contribution in [0.4, 0.5) is 14.5 Å². The van der Waals surface area contributed by atoms with Crippen molar-refractivity contribution < 1.29 is 62.2 Å². The number of phenolic OH excluding ortho intramolecular Hbond substituents is 1. The van der Waals surface area contributed by atoms with E-state index in [1.54, 1.807) is 12.1 Å². The number of anilines is 1. The maximum absolute atomic E-state index is 14.7. The van der Waals surface area contributed by atoms with Crippen molar-refractivity contribution in [1.29, 1.82) is 0 Å². The van der Waals surface area contributed by atoms with Crippen molar-refractivity contribution in [2.45, 2.75) is 13.2 Å². The number of carboxylic acid groups (broad SMARTS) is 3. The van der Waals surface area contributed by atoms with E-state index >= 15 is 0 Å². The van der Waals surface area contributed by atoms with Gasteiger partial charge in [-0.25, -0.2) is 13.6 Å². The van der Waals surface area contributed by atoms with Crippen LogP contribution in [0.3, 0.4) is 0 Å². The summed E-state index contributed by atoms with van der Waals surface area (Å²) >= 11 is 0. The van der Waals surface area contributed by atoms with Gasteiger partial charge in [0.05, 0.1) is 5.69 Å². The molecule has 1 heterocycles. The van der Waals surface area contributed by atoms with Gasteiger partial charge >= 0.3 is 17.9 Å². The molecule has 0 bridgehead atoms. The number of nitrogens with zero attached hydrogens (tertiary/aromatic N) is 1. The summed E-state index contributed by atoms with van der Waals surface area (Å²) in [5.41, 5.74) is -0.707. The van der Waals surface area contributed by atoms with Gasteiger partial charge < -0.3 is 44.0 Å². The molecular formula is C33H25F2NO12. The van der Waals surface area contributed by atoms with Gasteiger partial charge in [0.25, 0.3) is 0 Å². The molecule has 1 aliphatic heterocycles. The Morgan fingerprint density at radius 2 is 1.50 bits per heavy atom. The van der Waals surface area contributed by atoms with Crippen molar-refractivity contribution >= 4 is 34.6 Å². The second kappa shape index (κ2) is 13.5. The highest BCUT2D eigenvalue weighted by atomic mass is 19.1. The number of benzene rings is 4. The van der Waals surface area contributed by atoms with Crippen LogP contribution < -0.4 is 24.5 Å². The van der Waals surface area contributed by atoms with Crippen molar-refractivity contribution in [2.75, 3.05) is 24.6 Å². The number of phenols is 1. The van der Waals surface area contributed by atoms with Crippen molar-refractivity contribution in [2.24, 2.45) is 0 Å². The van der Waals surface area contributed by atoms with Gasteiger partial charge in [0, 0.05) is 35.6 Å². The zero-order chi connectivity index (χ0) is 34.7. The molecule has 248 valence electrons. The molecule has 2 aliphatic rings. The van der Waals surface area contributed by atoms with Crippen LogP contribution in [-0.4, -0.2) is 64.3 Å². The summed E-state index contributed by atoms with van der Waals surface area (Å²) in [7, 11) is 0. The third kappa shape index (κ3) is 7.20. The molecule has 3 aromatic rings. The van der Waals surface area contributed by atoms with Crippen LogP contribution in [-0.2, 0) is 14.4 Å². The van der Waals surface area contributed by atoms with E-state index in [4.69, 9.17) is 23.7 Å². The van der Waals surface area contributed by atoms with Crippen LogP contribution in [0.2, 0.25) is 0 Å². The molecule has 0 amide bonds. The second-order valence-electron chi connectivity index (χ2n) is 10.3. The van der Waals surface area contributed by atoms with Crippen molar-refractivity contribution in [3.05, 3.63) is 88.6 Å². The molecule has 0 saturated carbocycles. The quantitative estimate of drug-likeness (QED) is 0.0992. The lowest BCUT2D eigenvalue weighted by Gasteiger charge is -2.26. The number of rotatable bonds is 13. The number of para-hydroxylation sites is 2. The molecule has 0 radical (unpaired) electrons. The van der Waals surface area contributed by atoms with Crippen LogP contribution in [0.15, 0.2) is 75.9 Å². The molecule has 13 nitrogen and oxygen atoms in total. The smallest absolute Gasteiger partial charge is 0.341 e. The van der Waals surface area contributed by atoms with E-state index in [0.29, 0.717) is 0 Å². The van der Waals surface area contributed by atoms with Gasteiger partial charge in [0.2, 0.25) is 11.7 Å². The summed E-state index contributed by atoms with van der Waals surface area (Å²) in [4.78, 5) is 47.6. The van der Waals surface area contributed by atoms with Crippen LogP contribution >= 0.6 is 0 Å². The van der Waals surface area contributed by atoms with Crippen molar-refractivity contribution in [3.8, 4) is 45.4 Å². The third-order valence-electron chi connectivity index (χ3n) is 6.87. The molecule has 48 heavy (non-hydrogen) atoms. The van der Waals surface area contributed by atoms with E-state index in [1.165, 1.54) is 37.3 Å². The Morgan fingerprint density at radius 1 is 0.833 bits per heavy atom. The molecule has 0 fully saturated rings. The number of carboxylic acids is 3. The molecule has 4 N–H and O–H groups in total. The minimum Gasteiger partial charge on any atom is -0.505 e. The highest BCUT2D eigenvalue weighted by molar-refractivity contribution is 6.02. The number of fused-ring (bicyclic) bond motifs is 2. The molecule has 0 saturated heterocycles. The maximum atomic E-state index is 14.7. The lowest BCUT2D eigenvalue weighted by atomic mass is 9.93. The molecule has 15 heteroatoms. The lowest BCUT2D eigenvalue weighted by Crippen LogP contribution is -2.35. The largest absolute Gasteiger partial charge is 0.505 e. The molecule has 0 spiro atoms. The van der Waals surface area contributed by atoms with Crippen molar-refractivity contribution in [1.82, 2.24) is 0 Å². The van der Waals surface area contributed by atoms with Gasteiger partial charge in [-0.2, -0.15) is 0 Å². The monoisotopic (exact) mass is 665 g/mol. The Balaban J connectivity index is 1.68. The van der Waals surface area contributed by atoms with E-state index < -0.39 is 66.7 Å². The fourth-order valence-corrected chi connectivity index (χ4v) is 4.98. The Kier molecular flexibility index (Phi) is 9.31. The highest BCUT2D eigenvalue weighted by Crippen LogP contribution is 2.44. The Bertz CT molecular complexity index is 2060. The van der Waals surface area contributed by atoms with Gasteiger partial charge in [0.1, 0.15) is 30.2 Å². The fraction of sp³-hybridized carbons (Fsp3) is 0.152. The van der Waals surface area contributed by atoms with Crippen LogP contribution in [0, 0.1) is 11.6 Å². The Morgan fingerprint density at radius 3 is 2.17 bits per heavy atom. The number of hydrogen-bond donors (Lipinski definition) is 4. The van der Waals surface area contributed by atoms with Crippen LogP contribution in [0.5, 0.6) is 23.0 Å². The third-order valence-corrected chi connectivity index (χ3v) is 6.87. The summed E-state index contributed by atoms with van der Waals surface area (Å²) in [6, 6.07) is 13.9. The van der Waals surface area contributed by atoms with E-state index in [0.717, 1.165) is 29.2 Å². The van der Waals surface area contributed by atoms with Gasteiger partial charge in [-0.3, -0.25) is 14.4 Å². The van der Waals surface area contributed by atoms with E-state index in [-0.39, 0.29) is 56.4 Å². The van der Waals surface area contributed by atoms with E-state index in [9.17, 15) is 43.3 Å². The van der Waals surface area contributed by atoms with E-state index in [1.807, 2.05) is 0 Å². The summed E-state index contributed by atoms with van der Waals surface area (Å²) in [6.45, 7) is -0.750. The zero-order valence-electron chi connectivity index (χ0n) is 24.8. The second-order valence-corrected chi connectivity index (χ2v) is 10.3. The average Bonchev–Trinajstić information content (AvgIpc) is 3.00. The number of aromatic hydroxyl groups is 1. The summed E-state index contributed by atoms with van der Waals surface area (Å²) in [5, 5.41) is 38.1. The highest BCUT2D eigenvalue weighted by Gasteiger charge is 2.25. The average molecular weight is 666 g/mol. The molecule has 1 atom stereocenters. The Labute approximate surface area is 268 Å². The fourth-order valence-electron chi connectivity index (χ4n) is 4.98. The maximum Gasteiger partial charge on any atom is 0.341 e. The van der Waals surface area contributed by atoms with Crippen LogP contribution in [0.25, 0.3) is 33.4 Å². The molecule has 0 aromatic heterocycles. The first-order valence-electron chi connectivity index (χ1n) is 14.0. The molecule has 3 aromatic carbocycles. The summed E-state index contributed by atoms with van der Waals surface area (Å²) < 4.78 is 52.2. The predicted octanol–water partition coefficient (Wildman–Crippen LogP) is 4.79. The number of carbonyl (C=O) groups is 3. The number of hydrogen-bond acceptors (Lipinski definition) is 10. The SMILES string of the molecule is CC(Oc1ccccc1OCC(=O)O)Oc1cc(-c2c3cc(F)c(=O)cc-3oc3cc(O)c(F)cc23)ccc1N(CC(=O)O)CC(=O)O. The normalized spacial score (nSPS) is 11.6. The van der Waals surface area contributed by atoms with Gasteiger partial charge in [-0.05, 0) is 42.0 Å². The van der Waals surface area contributed by atoms with Gasteiger partial charge in [-0.15, -0.1) is 0 Å². The standard InChI is InChI=1S/C33H25F2NO12/c1-16(46-26-5-3-2-4-25(26)45-15-32(43)44)47-29-8-17(6-7-22(29)36(13-30(39)40)14-31(41)42)33-18-9-20(34)23(37)11-27(18)48-28-12-24(38)21(35)10-19(28)33/h2-12,16,37H,13-15H2,1H3,(H,39,40)(H,41,42)(H,43,44). The van der Waals surface area contributed by atoms with E-state index in [2.05, 4.69) is 0 Å². The van der Waals surface area contributed by atoms with Gasteiger partial charge in [-0.1, -0.05) is 18.2 Å². The number of ether oxygens (including phenoxy) is 3. The molecule has 1 aliphatic carbocycles. The Hall–Kier alpha value is -6.38. The van der Waals surface area contributed by atoms with Gasteiger partial charge in [0.15, 0.2) is 35.5 Å².